The number of hydrogen-bond acceptors (Lipinski definition) is 6. The van der Waals surface area contributed by atoms with Crippen molar-refractivity contribution in [1.82, 2.24) is 24.7 Å². The number of nitrogens with zero attached hydrogens (tertiary/aromatic N) is 6. The molecule has 0 bridgehead atoms. The molecule has 0 spiro atoms. The summed E-state index contributed by atoms with van der Waals surface area (Å²) >= 11 is 1.47. The van der Waals surface area contributed by atoms with E-state index in [-0.39, 0.29) is 0 Å². The fourth-order valence-electron chi connectivity index (χ4n) is 2.31. The van der Waals surface area contributed by atoms with Crippen molar-refractivity contribution < 1.29 is 0 Å². The molecular formula is C16H12N6S. The normalized spacial score (nSPS) is 13.7. The molecule has 0 saturated heterocycles. The van der Waals surface area contributed by atoms with Crippen molar-refractivity contribution in [1.29, 1.82) is 5.26 Å². The zero-order valence-electron chi connectivity index (χ0n) is 12.1. The van der Waals surface area contributed by atoms with Gasteiger partial charge in [0.25, 0.3) is 0 Å². The minimum atomic E-state index is 0.453. The molecule has 0 N–H and O–H groups in total. The third-order valence-electron chi connectivity index (χ3n) is 3.58. The van der Waals surface area contributed by atoms with Crippen LogP contribution in [0.2, 0.25) is 0 Å². The topological polar surface area (TPSA) is 80.3 Å². The maximum absolute atomic E-state index is 8.84. The maximum atomic E-state index is 8.84. The molecule has 0 aliphatic heterocycles. The van der Waals surface area contributed by atoms with Crippen LogP contribution < -0.4 is 0 Å². The van der Waals surface area contributed by atoms with E-state index in [4.69, 9.17) is 5.26 Å². The van der Waals surface area contributed by atoms with E-state index >= 15 is 0 Å². The Morgan fingerprint density at radius 1 is 1.13 bits per heavy atom. The van der Waals surface area contributed by atoms with E-state index in [1.807, 2.05) is 18.2 Å². The molecule has 3 aromatic heterocycles. The predicted molar refractivity (Wildman–Crippen MR) is 84.6 cm³/mol. The molecule has 1 fully saturated rings. The van der Waals surface area contributed by atoms with E-state index in [1.165, 1.54) is 11.8 Å². The van der Waals surface area contributed by atoms with Crippen molar-refractivity contribution in [3.63, 3.8) is 0 Å². The Balaban J connectivity index is 1.69. The summed E-state index contributed by atoms with van der Waals surface area (Å²) in [6.45, 7) is 0. The lowest BCUT2D eigenvalue weighted by atomic mass is 10.2. The predicted octanol–water partition coefficient (Wildman–Crippen LogP) is 3.09. The van der Waals surface area contributed by atoms with Crippen LogP contribution in [0.4, 0.5) is 0 Å². The zero-order valence-corrected chi connectivity index (χ0v) is 12.9. The van der Waals surface area contributed by atoms with Gasteiger partial charge in [-0.3, -0.25) is 9.55 Å². The van der Waals surface area contributed by atoms with E-state index in [0.29, 0.717) is 11.6 Å². The van der Waals surface area contributed by atoms with Gasteiger partial charge in [-0.15, -0.1) is 10.2 Å². The van der Waals surface area contributed by atoms with E-state index in [9.17, 15) is 0 Å². The van der Waals surface area contributed by atoms with Crippen molar-refractivity contribution in [3.8, 4) is 17.5 Å². The Hall–Kier alpha value is -2.72. The number of rotatable bonds is 4. The minimum Gasteiger partial charge on any atom is -0.299 e. The highest BCUT2D eigenvalue weighted by Crippen LogP contribution is 2.41. The second-order valence-electron chi connectivity index (χ2n) is 5.24. The summed E-state index contributed by atoms with van der Waals surface area (Å²) in [6.07, 6.45) is 7.38. The summed E-state index contributed by atoms with van der Waals surface area (Å²) in [4.78, 5) is 8.35. The number of hydrogen-bond donors (Lipinski definition) is 0. The van der Waals surface area contributed by atoms with Crippen LogP contribution in [0.3, 0.4) is 0 Å². The summed E-state index contributed by atoms with van der Waals surface area (Å²) in [5.74, 6) is 0.867. The molecule has 6 nitrogen and oxygen atoms in total. The molecule has 4 rings (SSSR count). The fourth-order valence-corrected chi connectivity index (χ4v) is 3.15. The van der Waals surface area contributed by atoms with Crippen LogP contribution in [0.5, 0.6) is 0 Å². The van der Waals surface area contributed by atoms with Crippen molar-refractivity contribution in [2.24, 2.45) is 0 Å². The number of aromatic nitrogens is 5. The summed E-state index contributed by atoms with van der Waals surface area (Å²) < 4.78 is 2.18. The molecular weight excluding hydrogens is 308 g/mol. The average Bonchev–Trinajstić information content (AvgIpc) is 3.37. The van der Waals surface area contributed by atoms with Gasteiger partial charge in [0.05, 0.1) is 5.56 Å². The molecule has 7 heteroatoms. The quantitative estimate of drug-likeness (QED) is 0.735. The zero-order chi connectivity index (χ0) is 15.6. The highest BCUT2D eigenvalue weighted by molar-refractivity contribution is 7.99. The molecule has 1 aliphatic carbocycles. The van der Waals surface area contributed by atoms with E-state index in [1.54, 1.807) is 24.7 Å². The highest BCUT2D eigenvalue weighted by atomic mass is 32.2. The Labute approximate surface area is 137 Å². The van der Waals surface area contributed by atoms with Gasteiger partial charge in [0, 0.05) is 30.2 Å². The summed E-state index contributed by atoms with van der Waals surface area (Å²) in [7, 11) is 0. The SMILES string of the molecule is N#Cc1ccc(Sc2nnc(-c3ccncc3)n2C2CC2)nc1. The highest BCUT2D eigenvalue weighted by Gasteiger charge is 2.30. The lowest BCUT2D eigenvalue weighted by molar-refractivity contribution is 0.668. The van der Waals surface area contributed by atoms with Crippen LogP contribution in [0.1, 0.15) is 24.4 Å². The molecule has 23 heavy (non-hydrogen) atoms. The van der Waals surface area contributed by atoms with Gasteiger partial charge in [0.1, 0.15) is 11.1 Å². The number of nitriles is 1. The lowest BCUT2D eigenvalue weighted by Crippen LogP contribution is -1.99. The standard InChI is InChI=1S/C16H12N6S/c17-9-11-1-4-14(19-10-11)23-16-21-20-15(22(16)13-2-3-13)12-5-7-18-8-6-12/h1,4-8,10,13H,2-3H2. The minimum absolute atomic E-state index is 0.453. The monoisotopic (exact) mass is 320 g/mol. The lowest BCUT2D eigenvalue weighted by Gasteiger charge is -2.08. The van der Waals surface area contributed by atoms with Gasteiger partial charge in [-0.2, -0.15) is 5.26 Å². The average molecular weight is 320 g/mol. The Bertz CT molecular complexity index is 862. The second kappa shape index (κ2) is 5.82. The van der Waals surface area contributed by atoms with Gasteiger partial charge in [-0.05, 0) is 48.9 Å². The van der Waals surface area contributed by atoms with E-state index in [2.05, 4.69) is 30.8 Å². The van der Waals surface area contributed by atoms with Crippen LogP contribution in [0, 0.1) is 11.3 Å². The Kier molecular flexibility index (Phi) is 3.52. The largest absolute Gasteiger partial charge is 0.299 e. The molecule has 0 unspecified atom stereocenters. The third-order valence-corrected chi connectivity index (χ3v) is 4.49. The van der Waals surface area contributed by atoms with Crippen molar-refractivity contribution in [3.05, 3.63) is 48.4 Å². The van der Waals surface area contributed by atoms with Gasteiger partial charge in [0.2, 0.25) is 0 Å². The van der Waals surface area contributed by atoms with Crippen LogP contribution in [0.15, 0.2) is 53.0 Å². The first-order valence-corrected chi connectivity index (χ1v) is 8.06. The molecule has 1 aliphatic rings. The Morgan fingerprint density at radius 3 is 2.61 bits per heavy atom. The van der Waals surface area contributed by atoms with Crippen molar-refractivity contribution in [2.45, 2.75) is 29.1 Å². The molecule has 1 saturated carbocycles. The van der Waals surface area contributed by atoms with Crippen LogP contribution >= 0.6 is 11.8 Å². The fraction of sp³-hybridized carbons (Fsp3) is 0.188. The molecule has 3 heterocycles. The first-order chi connectivity index (χ1) is 11.3. The molecule has 0 aromatic carbocycles. The molecule has 0 radical (unpaired) electrons. The van der Waals surface area contributed by atoms with Gasteiger partial charge in [0.15, 0.2) is 11.0 Å². The van der Waals surface area contributed by atoms with Crippen molar-refractivity contribution >= 4 is 11.8 Å². The first kappa shape index (κ1) is 13.9. The Morgan fingerprint density at radius 2 is 1.96 bits per heavy atom. The van der Waals surface area contributed by atoms with Crippen LogP contribution in [-0.2, 0) is 0 Å². The van der Waals surface area contributed by atoms with E-state index < -0.39 is 0 Å². The second-order valence-corrected chi connectivity index (χ2v) is 6.23. The van der Waals surface area contributed by atoms with Crippen LogP contribution in [-0.4, -0.2) is 24.7 Å². The summed E-state index contributed by atoms with van der Waals surface area (Å²) in [6, 6.07) is 10.0. The van der Waals surface area contributed by atoms with Gasteiger partial charge >= 0.3 is 0 Å². The summed E-state index contributed by atoms with van der Waals surface area (Å²) in [5.41, 5.74) is 1.56. The molecule has 0 atom stereocenters. The molecule has 0 amide bonds. The van der Waals surface area contributed by atoms with Gasteiger partial charge in [-0.25, -0.2) is 4.98 Å². The maximum Gasteiger partial charge on any atom is 0.198 e. The van der Waals surface area contributed by atoms with E-state index in [0.717, 1.165) is 34.4 Å². The summed E-state index contributed by atoms with van der Waals surface area (Å²) in [5, 5.41) is 19.2. The smallest absolute Gasteiger partial charge is 0.198 e. The van der Waals surface area contributed by atoms with Crippen LogP contribution in [0.25, 0.3) is 11.4 Å². The first-order valence-electron chi connectivity index (χ1n) is 7.24. The number of pyridine rings is 2. The third kappa shape index (κ3) is 2.81. The van der Waals surface area contributed by atoms with Gasteiger partial charge in [-0.1, -0.05) is 0 Å². The van der Waals surface area contributed by atoms with Crippen molar-refractivity contribution in [2.75, 3.05) is 0 Å². The molecule has 112 valence electrons. The molecule has 3 aromatic rings. The van der Waals surface area contributed by atoms with Gasteiger partial charge < -0.3 is 0 Å².